The highest BCUT2D eigenvalue weighted by atomic mass is 16.2. The molecule has 1 aromatic heterocycles. The summed E-state index contributed by atoms with van der Waals surface area (Å²) < 4.78 is 1.77. The minimum absolute atomic E-state index is 0.147. The first-order chi connectivity index (χ1) is 9.66. The molecule has 5 heteroatoms. The van der Waals surface area contributed by atoms with Crippen LogP contribution in [0.3, 0.4) is 0 Å². The van der Waals surface area contributed by atoms with E-state index < -0.39 is 0 Å². The van der Waals surface area contributed by atoms with Gasteiger partial charge in [-0.3, -0.25) is 9.48 Å². The maximum atomic E-state index is 12.5. The van der Waals surface area contributed by atoms with E-state index in [1.807, 2.05) is 18.9 Å². The lowest BCUT2D eigenvalue weighted by Crippen LogP contribution is -2.43. The average Bonchev–Trinajstić information content (AvgIpc) is 3.10. The molecule has 20 heavy (non-hydrogen) atoms. The van der Waals surface area contributed by atoms with Crippen molar-refractivity contribution >= 4 is 5.91 Å². The van der Waals surface area contributed by atoms with Gasteiger partial charge in [-0.2, -0.15) is 5.10 Å². The van der Waals surface area contributed by atoms with Gasteiger partial charge in [0.15, 0.2) is 0 Å². The first kappa shape index (κ1) is 13.6. The van der Waals surface area contributed by atoms with Crippen LogP contribution in [-0.2, 0) is 7.05 Å². The average molecular weight is 276 g/mol. The van der Waals surface area contributed by atoms with Gasteiger partial charge in [-0.15, -0.1) is 0 Å². The van der Waals surface area contributed by atoms with Crippen molar-refractivity contribution in [2.45, 2.75) is 38.6 Å². The number of likely N-dealkylation sites (tertiary alicyclic amines) is 1. The lowest BCUT2D eigenvalue weighted by molar-refractivity contribution is 0.0673. The van der Waals surface area contributed by atoms with Gasteiger partial charge in [0, 0.05) is 31.9 Å². The second-order valence-electron chi connectivity index (χ2n) is 6.10. The maximum Gasteiger partial charge on any atom is 0.257 e. The molecule has 0 aliphatic carbocycles. The zero-order chi connectivity index (χ0) is 14.1. The molecule has 0 spiro atoms. The second-order valence-corrected chi connectivity index (χ2v) is 6.10. The molecule has 3 heterocycles. The molecule has 0 radical (unpaired) electrons. The molecule has 1 unspecified atom stereocenters. The number of carbonyl (C=O) groups excluding carboxylic acids is 1. The van der Waals surface area contributed by atoms with Crippen molar-refractivity contribution in [3.63, 3.8) is 0 Å². The fourth-order valence-electron chi connectivity index (χ4n) is 3.50. The summed E-state index contributed by atoms with van der Waals surface area (Å²) in [6.45, 7) is 4.89. The Labute approximate surface area is 120 Å². The highest BCUT2D eigenvalue weighted by Crippen LogP contribution is 2.26. The fraction of sp³-hybridized carbons (Fsp3) is 0.733. The number of hydrogen-bond donors (Lipinski definition) is 1. The number of amides is 1. The van der Waals surface area contributed by atoms with E-state index in [0.717, 1.165) is 43.1 Å². The van der Waals surface area contributed by atoms with Crippen LogP contribution in [0, 0.1) is 12.8 Å². The Morgan fingerprint density at radius 3 is 2.65 bits per heavy atom. The van der Waals surface area contributed by atoms with E-state index in [-0.39, 0.29) is 5.91 Å². The van der Waals surface area contributed by atoms with Crippen LogP contribution in [0.2, 0.25) is 0 Å². The van der Waals surface area contributed by atoms with Gasteiger partial charge >= 0.3 is 0 Å². The van der Waals surface area contributed by atoms with Gasteiger partial charge in [-0.1, -0.05) is 0 Å². The fourth-order valence-corrected chi connectivity index (χ4v) is 3.50. The molecule has 2 aliphatic rings. The monoisotopic (exact) mass is 276 g/mol. The molecular formula is C15H24N4O. The Morgan fingerprint density at radius 2 is 2.10 bits per heavy atom. The van der Waals surface area contributed by atoms with Gasteiger partial charge in [0.2, 0.25) is 0 Å². The summed E-state index contributed by atoms with van der Waals surface area (Å²) in [5.74, 6) is 0.893. The molecule has 110 valence electrons. The number of piperidine rings is 1. The Morgan fingerprint density at radius 1 is 1.35 bits per heavy atom. The summed E-state index contributed by atoms with van der Waals surface area (Å²) in [6.07, 6.45) is 6.56. The molecule has 2 aliphatic heterocycles. The third-order valence-corrected chi connectivity index (χ3v) is 4.96. The molecule has 1 N–H and O–H groups in total. The largest absolute Gasteiger partial charge is 0.339 e. The number of nitrogens with one attached hydrogen (secondary N) is 1. The number of rotatable bonds is 2. The summed E-state index contributed by atoms with van der Waals surface area (Å²) in [5, 5.41) is 7.77. The molecule has 2 saturated heterocycles. The van der Waals surface area contributed by atoms with Gasteiger partial charge in [0.1, 0.15) is 0 Å². The van der Waals surface area contributed by atoms with Gasteiger partial charge < -0.3 is 10.2 Å². The van der Waals surface area contributed by atoms with Crippen LogP contribution >= 0.6 is 0 Å². The lowest BCUT2D eigenvalue weighted by Gasteiger charge is -2.34. The van der Waals surface area contributed by atoms with Crippen molar-refractivity contribution in [3.05, 3.63) is 17.5 Å². The SMILES string of the molecule is Cc1c(C(=O)N2CCC(C3CCCN3)CC2)cnn1C. The van der Waals surface area contributed by atoms with Crippen LogP contribution in [0.4, 0.5) is 0 Å². The maximum absolute atomic E-state index is 12.5. The normalized spacial score (nSPS) is 24.3. The molecule has 1 aromatic rings. The van der Waals surface area contributed by atoms with E-state index in [0.29, 0.717) is 6.04 Å². The Hall–Kier alpha value is -1.36. The predicted octanol–water partition coefficient (Wildman–Crippen LogP) is 1.33. The zero-order valence-electron chi connectivity index (χ0n) is 12.4. The summed E-state index contributed by atoms with van der Waals surface area (Å²) in [7, 11) is 1.88. The minimum atomic E-state index is 0.147. The van der Waals surface area contributed by atoms with Crippen molar-refractivity contribution in [2.24, 2.45) is 13.0 Å². The van der Waals surface area contributed by atoms with Gasteiger partial charge in [0.05, 0.1) is 11.8 Å². The van der Waals surface area contributed by atoms with Gasteiger partial charge in [0.25, 0.3) is 5.91 Å². The lowest BCUT2D eigenvalue weighted by atomic mass is 9.88. The van der Waals surface area contributed by atoms with E-state index in [9.17, 15) is 4.79 Å². The number of hydrogen-bond acceptors (Lipinski definition) is 3. The van der Waals surface area contributed by atoms with Crippen LogP contribution in [0.1, 0.15) is 41.7 Å². The first-order valence-electron chi connectivity index (χ1n) is 7.68. The molecule has 0 saturated carbocycles. The number of carbonyl (C=O) groups is 1. The van der Waals surface area contributed by atoms with Crippen LogP contribution < -0.4 is 5.32 Å². The van der Waals surface area contributed by atoms with E-state index in [1.54, 1.807) is 10.9 Å². The van der Waals surface area contributed by atoms with Crippen LogP contribution in [0.5, 0.6) is 0 Å². The van der Waals surface area contributed by atoms with E-state index in [1.165, 1.54) is 19.4 Å². The van der Waals surface area contributed by atoms with Crippen molar-refractivity contribution in [3.8, 4) is 0 Å². The Bertz CT molecular complexity index is 482. The molecule has 5 nitrogen and oxygen atoms in total. The standard InChI is InChI=1S/C15H24N4O/c1-11-13(10-17-18(11)2)15(20)19-8-5-12(6-9-19)14-4-3-7-16-14/h10,12,14,16H,3-9H2,1-2H3. The van der Waals surface area contributed by atoms with Crippen LogP contribution in [-0.4, -0.2) is 46.3 Å². The van der Waals surface area contributed by atoms with E-state index in [4.69, 9.17) is 0 Å². The summed E-state index contributed by atoms with van der Waals surface area (Å²) >= 11 is 0. The van der Waals surface area contributed by atoms with Crippen LogP contribution in [0.25, 0.3) is 0 Å². The third-order valence-electron chi connectivity index (χ3n) is 4.96. The molecule has 0 aromatic carbocycles. The summed E-state index contributed by atoms with van der Waals surface area (Å²) in [4.78, 5) is 14.5. The highest BCUT2D eigenvalue weighted by molar-refractivity contribution is 5.95. The molecular weight excluding hydrogens is 252 g/mol. The van der Waals surface area contributed by atoms with Gasteiger partial charge in [-0.25, -0.2) is 0 Å². The minimum Gasteiger partial charge on any atom is -0.339 e. The molecule has 1 atom stereocenters. The number of aryl methyl sites for hydroxylation is 1. The molecule has 0 bridgehead atoms. The number of nitrogens with zero attached hydrogens (tertiary/aromatic N) is 3. The Kier molecular flexibility index (Phi) is 3.78. The molecule has 2 fully saturated rings. The zero-order valence-corrected chi connectivity index (χ0v) is 12.4. The third kappa shape index (κ3) is 2.46. The smallest absolute Gasteiger partial charge is 0.257 e. The first-order valence-corrected chi connectivity index (χ1v) is 7.68. The van der Waals surface area contributed by atoms with Crippen LogP contribution in [0.15, 0.2) is 6.20 Å². The molecule has 3 rings (SSSR count). The predicted molar refractivity (Wildman–Crippen MR) is 77.6 cm³/mol. The molecule has 1 amide bonds. The highest BCUT2D eigenvalue weighted by Gasteiger charge is 2.30. The van der Waals surface area contributed by atoms with E-state index >= 15 is 0 Å². The summed E-state index contributed by atoms with van der Waals surface area (Å²) in [5.41, 5.74) is 1.71. The van der Waals surface area contributed by atoms with Gasteiger partial charge in [-0.05, 0) is 45.1 Å². The Balaban J connectivity index is 1.60. The van der Waals surface area contributed by atoms with Crippen molar-refractivity contribution in [1.82, 2.24) is 20.0 Å². The van der Waals surface area contributed by atoms with Crippen molar-refractivity contribution < 1.29 is 4.79 Å². The number of aromatic nitrogens is 2. The summed E-state index contributed by atoms with van der Waals surface area (Å²) in [6, 6.07) is 0.687. The second kappa shape index (κ2) is 5.56. The topological polar surface area (TPSA) is 50.2 Å². The van der Waals surface area contributed by atoms with Crippen molar-refractivity contribution in [2.75, 3.05) is 19.6 Å². The quantitative estimate of drug-likeness (QED) is 0.886. The van der Waals surface area contributed by atoms with E-state index in [2.05, 4.69) is 10.4 Å². The van der Waals surface area contributed by atoms with Crippen molar-refractivity contribution in [1.29, 1.82) is 0 Å².